The Labute approximate surface area is 174 Å². The van der Waals surface area contributed by atoms with E-state index in [4.69, 9.17) is 14.2 Å². The molecule has 2 atom stereocenters. The smallest absolute Gasteiger partial charge is 0.191 e. The van der Waals surface area contributed by atoms with Gasteiger partial charge in [-0.2, -0.15) is 0 Å². The van der Waals surface area contributed by atoms with E-state index in [2.05, 4.69) is 45.6 Å². The number of guanidine groups is 1. The number of hydrogen-bond donors (Lipinski definition) is 2. The molecule has 0 spiro atoms. The number of aliphatic imine (C=N–C) groups is 1. The Kier molecular flexibility index (Phi) is 8.58. The Bertz CT molecular complexity index is 655. The lowest BCUT2D eigenvalue weighted by Crippen LogP contribution is -2.53. The highest BCUT2D eigenvalue weighted by atomic mass is 16.5. The van der Waals surface area contributed by atoms with Gasteiger partial charge < -0.3 is 24.8 Å². The van der Waals surface area contributed by atoms with Crippen molar-refractivity contribution in [1.82, 2.24) is 15.5 Å². The largest absolute Gasteiger partial charge is 0.494 e. The van der Waals surface area contributed by atoms with Crippen molar-refractivity contribution in [3.8, 4) is 5.75 Å². The van der Waals surface area contributed by atoms with E-state index < -0.39 is 0 Å². The molecule has 2 aliphatic rings. The van der Waals surface area contributed by atoms with Gasteiger partial charge in [-0.25, -0.2) is 0 Å². The summed E-state index contributed by atoms with van der Waals surface area (Å²) in [4.78, 5) is 6.96. The van der Waals surface area contributed by atoms with Gasteiger partial charge in [0.2, 0.25) is 0 Å². The van der Waals surface area contributed by atoms with Gasteiger partial charge in [-0.3, -0.25) is 9.89 Å². The van der Waals surface area contributed by atoms with Crippen molar-refractivity contribution in [2.75, 3.05) is 59.7 Å². The summed E-state index contributed by atoms with van der Waals surface area (Å²) in [6.07, 6.45) is 1.12. The molecule has 0 aromatic heterocycles. The number of rotatable bonds is 8. The van der Waals surface area contributed by atoms with Crippen molar-refractivity contribution in [2.24, 2.45) is 10.9 Å². The van der Waals surface area contributed by atoms with Crippen LogP contribution in [0.4, 0.5) is 0 Å². The number of nitrogens with zero attached hydrogens (tertiary/aromatic N) is 2. The van der Waals surface area contributed by atoms with Crippen molar-refractivity contribution in [3.05, 3.63) is 29.3 Å². The van der Waals surface area contributed by atoms with E-state index in [0.717, 1.165) is 69.8 Å². The van der Waals surface area contributed by atoms with E-state index in [0.29, 0.717) is 25.1 Å². The second-order valence-electron chi connectivity index (χ2n) is 7.69. The Morgan fingerprint density at radius 3 is 2.76 bits per heavy atom. The van der Waals surface area contributed by atoms with E-state index >= 15 is 0 Å². The zero-order chi connectivity index (χ0) is 20.5. The summed E-state index contributed by atoms with van der Waals surface area (Å²) in [5, 5.41) is 6.97. The van der Waals surface area contributed by atoms with Gasteiger partial charge in [0.1, 0.15) is 5.75 Å². The highest BCUT2D eigenvalue weighted by Gasteiger charge is 2.31. The van der Waals surface area contributed by atoms with Crippen LogP contribution in [0.2, 0.25) is 0 Å². The third-order valence-electron chi connectivity index (χ3n) is 5.69. The molecule has 7 nitrogen and oxygen atoms in total. The molecule has 2 N–H and O–H groups in total. The highest BCUT2D eigenvalue weighted by Crippen LogP contribution is 2.22. The Morgan fingerprint density at radius 1 is 1.24 bits per heavy atom. The molecule has 29 heavy (non-hydrogen) atoms. The molecule has 0 radical (unpaired) electrons. The molecule has 2 saturated heterocycles. The quantitative estimate of drug-likeness (QED) is 0.509. The first-order chi connectivity index (χ1) is 14.2. The molecule has 3 rings (SSSR count). The van der Waals surface area contributed by atoms with Gasteiger partial charge in [0.15, 0.2) is 5.96 Å². The molecule has 7 heteroatoms. The van der Waals surface area contributed by atoms with Crippen molar-refractivity contribution in [2.45, 2.75) is 32.9 Å². The maximum atomic E-state index is 5.80. The number of morpholine rings is 1. The molecule has 1 aromatic rings. The third-order valence-corrected chi connectivity index (χ3v) is 5.69. The summed E-state index contributed by atoms with van der Waals surface area (Å²) in [6.45, 7) is 11.6. The summed E-state index contributed by atoms with van der Waals surface area (Å²) in [6, 6.07) is 6.75. The normalized spacial score (nSPS) is 21.8. The van der Waals surface area contributed by atoms with Crippen molar-refractivity contribution < 1.29 is 14.2 Å². The van der Waals surface area contributed by atoms with Crippen LogP contribution in [0.25, 0.3) is 0 Å². The van der Waals surface area contributed by atoms with Crippen LogP contribution in [0, 0.1) is 12.8 Å². The molecular weight excluding hydrogens is 368 g/mol. The van der Waals surface area contributed by atoms with Crippen LogP contribution in [0.15, 0.2) is 23.2 Å². The maximum absolute atomic E-state index is 5.80. The van der Waals surface area contributed by atoms with Crippen LogP contribution < -0.4 is 15.4 Å². The minimum absolute atomic E-state index is 0.429. The fourth-order valence-corrected chi connectivity index (χ4v) is 4.06. The van der Waals surface area contributed by atoms with E-state index in [-0.39, 0.29) is 0 Å². The van der Waals surface area contributed by atoms with Gasteiger partial charge in [-0.05, 0) is 31.9 Å². The summed E-state index contributed by atoms with van der Waals surface area (Å²) < 4.78 is 17.0. The van der Waals surface area contributed by atoms with Crippen LogP contribution in [-0.4, -0.2) is 76.6 Å². The molecule has 1 aromatic carbocycles. The number of aryl methyl sites for hydroxylation is 1. The SMILES string of the molecule is CCOc1cc(C)ccc1CNC(=NC)NCC(C1CCOC1)N1CCOCC1. The fourth-order valence-electron chi connectivity index (χ4n) is 4.06. The molecule has 0 aliphatic carbocycles. The topological polar surface area (TPSA) is 67.3 Å². The minimum atomic E-state index is 0.429. The second-order valence-corrected chi connectivity index (χ2v) is 7.69. The molecule has 0 saturated carbocycles. The van der Waals surface area contributed by atoms with E-state index in [1.807, 2.05) is 14.0 Å². The first kappa shape index (κ1) is 21.9. The number of nitrogens with one attached hydrogen (secondary N) is 2. The van der Waals surface area contributed by atoms with Gasteiger partial charge >= 0.3 is 0 Å². The van der Waals surface area contributed by atoms with Gasteiger partial charge in [-0.15, -0.1) is 0 Å². The van der Waals surface area contributed by atoms with Crippen molar-refractivity contribution >= 4 is 5.96 Å². The van der Waals surface area contributed by atoms with E-state index in [1.54, 1.807) is 0 Å². The van der Waals surface area contributed by atoms with Crippen LogP contribution >= 0.6 is 0 Å². The lowest BCUT2D eigenvalue weighted by molar-refractivity contribution is 0.00246. The second kappa shape index (κ2) is 11.4. The molecule has 2 aliphatic heterocycles. The zero-order valence-electron chi connectivity index (χ0n) is 18.1. The van der Waals surface area contributed by atoms with Crippen LogP contribution in [0.1, 0.15) is 24.5 Å². The molecular formula is C22H36N4O3. The van der Waals surface area contributed by atoms with Crippen LogP contribution in [0.5, 0.6) is 5.75 Å². The lowest BCUT2D eigenvalue weighted by Gasteiger charge is -2.37. The monoisotopic (exact) mass is 404 g/mol. The summed E-state index contributed by atoms with van der Waals surface area (Å²) in [7, 11) is 1.82. The predicted molar refractivity (Wildman–Crippen MR) is 116 cm³/mol. The molecule has 0 bridgehead atoms. The maximum Gasteiger partial charge on any atom is 0.191 e. The molecule has 2 unspecified atom stereocenters. The lowest BCUT2D eigenvalue weighted by atomic mass is 9.97. The fraction of sp³-hybridized carbons (Fsp3) is 0.682. The van der Waals surface area contributed by atoms with Crippen LogP contribution in [0.3, 0.4) is 0 Å². The van der Waals surface area contributed by atoms with E-state index in [1.165, 1.54) is 5.56 Å². The van der Waals surface area contributed by atoms with E-state index in [9.17, 15) is 0 Å². The summed E-state index contributed by atoms with van der Waals surface area (Å²) in [5.74, 6) is 2.30. The van der Waals surface area contributed by atoms with Crippen LogP contribution in [-0.2, 0) is 16.0 Å². The summed E-state index contributed by atoms with van der Waals surface area (Å²) >= 11 is 0. The first-order valence-corrected chi connectivity index (χ1v) is 10.8. The Balaban J connectivity index is 1.57. The number of hydrogen-bond acceptors (Lipinski definition) is 5. The van der Waals surface area contributed by atoms with Crippen molar-refractivity contribution in [3.63, 3.8) is 0 Å². The molecule has 2 heterocycles. The number of benzene rings is 1. The average Bonchev–Trinajstić information content (AvgIpc) is 3.27. The zero-order valence-corrected chi connectivity index (χ0v) is 18.1. The molecule has 162 valence electrons. The standard InChI is InChI=1S/C22H36N4O3/c1-4-29-21-13-17(2)5-6-18(21)14-24-22(23-3)25-15-20(19-7-10-28-16-19)26-8-11-27-12-9-26/h5-6,13,19-20H,4,7-12,14-16H2,1-3H3,(H2,23,24,25). The van der Waals surface area contributed by atoms with Gasteiger partial charge in [0, 0.05) is 57.4 Å². The molecule has 0 amide bonds. The Hall–Kier alpha value is -1.83. The van der Waals surface area contributed by atoms with Gasteiger partial charge in [0.25, 0.3) is 0 Å². The summed E-state index contributed by atoms with van der Waals surface area (Å²) in [5.41, 5.74) is 2.33. The number of ether oxygens (including phenoxy) is 3. The van der Waals surface area contributed by atoms with Crippen molar-refractivity contribution in [1.29, 1.82) is 0 Å². The Morgan fingerprint density at radius 2 is 2.07 bits per heavy atom. The molecule has 2 fully saturated rings. The van der Waals surface area contributed by atoms with Gasteiger partial charge in [-0.1, -0.05) is 12.1 Å². The first-order valence-electron chi connectivity index (χ1n) is 10.8. The minimum Gasteiger partial charge on any atom is -0.494 e. The predicted octanol–water partition coefficient (Wildman–Crippen LogP) is 1.80. The average molecular weight is 405 g/mol. The third kappa shape index (κ3) is 6.32. The van der Waals surface area contributed by atoms with Gasteiger partial charge in [0.05, 0.1) is 26.4 Å². The highest BCUT2D eigenvalue weighted by molar-refractivity contribution is 5.79.